The van der Waals surface area contributed by atoms with Crippen LogP contribution in [0, 0.1) is 0 Å². The maximum atomic E-state index is 13.8. The number of hydrogen-bond donors (Lipinski definition) is 1. The quantitative estimate of drug-likeness (QED) is 0.245. The van der Waals surface area contributed by atoms with Crippen LogP contribution in [0.15, 0.2) is 94.9 Å². The predicted molar refractivity (Wildman–Crippen MR) is 147 cm³/mol. The van der Waals surface area contributed by atoms with Gasteiger partial charge in [-0.2, -0.15) is 0 Å². The molecule has 182 valence electrons. The van der Waals surface area contributed by atoms with E-state index >= 15 is 0 Å². The van der Waals surface area contributed by atoms with Crippen LogP contribution in [0.25, 0.3) is 11.3 Å². The average molecular weight is 496 g/mol. The van der Waals surface area contributed by atoms with Crippen molar-refractivity contribution in [3.05, 3.63) is 106 Å². The van der Waals surface area contributed by atoms with E-state index in [2.05, 4.69) is 24.9 Å². The molecule has 0 spiro atoms. The van der Waals surface area contributed by atoms with Crippen molar-refractivity contribution >= 4 is 29.0 Å². The smallest absolute Gasteiger partial charge is 0.255 e. The van der Waals surface area contributed by atoms with Crippen molar-refractivity contribution < 1.29 is 4.79 Å². The lowest BCUT2D eigenvalue weighted by atomic mass is 9.69. The lowest BCUT2D eigenvalue weighted by Gasteiger charge is -2.35. The molecule has 0 fully saturated rings. The Bertz CT molecular complexity index is 1410. The van der Waals surface area contributed by atoms with E-state index in [1.54, 1.807) is 4.90 Å². The number of para-hydroxylation sites is 2. The number of rotatable bonds is 6. The topological polar surface area (TPSA) is 66.1 Å². The van der Waals surface area contributed by atoms with Gasteiger partial charge in [-0.15, -0.1) is 0 Å². The highest BCUT2D eigenvalue weighted by Gasteiger charge is 2.37. The number of hydrogen-bond acceptors (Lipinski definition) is 4. The fraction of sp³-hybridized carbons (Fsp3) is 0.233. The van der Waals surface area contributed by atoms with Crippen molar-refractivity contribution in [2.75, 3.05) is 4.90 Å². The normalized spacial score (nSPS) is 17.1. The molecule has 0 aliphatic heterocycles. The fourth-order valence-electron chi connectivity index (χ4n) is 4.94. The van der Waals surface area contributed by atoms with Gasteiger partial charge >= 0.3 is 0 Å². The summed E-state index contributed by atoms with van der Waals surface area (Å²) in [4.78, 5) is 36.8. The molecule has 6 heteroatoms. The molecule has 1 aliphatic carbocycles. The summed E-state index contributed by atoms with van der Waals surface area (Å²) >= 11 is 1.28. The van der Waals surface area contributed by atoms with E-state index in [0.29, 0.717) is 5.16 Å². The number of thioether (sulfide) groups is 1. The second-order valence-electron chi connectivity index (χ2n) is 9.45. The summed E-state index contributed by atoms with van der Waals surface area (Å²) in [6, 6.07) is 27.4. The van der Waals surface area contributed by atoms with Gasteiger partial charge in [-0.25, -0.2) is 4.98 Å². The summed E-state index contributed by atoms with van der Waals surface area (Å²) in [5, 5.41) is -0.0289. The average Bonchev–Trinajstić information content (AvgIpc) is 2.90. The van der Waals surface area contributed by atoms with E-state index in [1.807, 2.05) is 85.8 Å². The molecule has 3 aromatic carbocycles. The summed E-state index contributed by atoms with van der Waals surface area (Å²) < 4.78 is 0. The van der Waals surface area contributed by atoms with E-state index < -0.39 is 5.25 Å². The lowest BCUT2D eigenvalue weighted by Crippen LogP contribution is -2.37. The van der Waals surface area contributed by atoms with Gasteiger partial charge in [0.25, 0.3) is 5.56 Å². The zero-order valence-corrected chi connectivity index (χ0v) is 21.5. The Morgan fingerprint density at radius 2 is 1.58 bits per heavy atom. The molecule has 1 heterocycles. The van der Waals surface area contributed by atoms with Gasteiger partial charge in [0.1, 0.15) is 0 Å². The first kappa shape index (κ1) is 24.1. The summed E-state index contributed by atoms with van der Waals surface area (Å²) in [5.74, 6) is -0.0865. The van der Waals surface area contributed by atoms with Crippen molar-refractivity contribution in [3.63, 3.8) is 0 Å². The van der Waals surface area contributed by atoms with Crippen LogP contribution in [0.2, 0.25) is 0 Å². The molecule has 2 atom stereocenters. The van der Waals surface area contributed by atoms with Crippen LogP contribution in [0.5, 0.6) is 0 Å². The second kappa shape index (κ2) is 9.78. The number of carbonyl (C=O) groups excluding carboxylic acids is 1. The van der Waals surface area contributed by atoms with Gasteiger partial charge in [0.2, 0.25) is 5.91 Å². The highest BCUT2D eigenvalue weighted by atomic mass is 32.2. The highest BCUT2D eigenvalue weighted by molar-refractivity contribution is 8.00. The maximum absolute atomic E-state index is 13.8. The van der Waals surface area contributed by atoms with Gasteiger partial charge < -0.3 is 4.98 Å². The molecule has 0 bridgehead atoms. The van der Waals surface area contributed by atoms with Crippen molar-refractivity contribution in [1.82, 2.24) is 9.97 Å². The summed E-state index contributed by atoms with van der Waals surface area (Å²) in [6.45, 7) is 6.10. The van der Waals surface area contributed by atoms with E-state index in [1.165, 1.54) is 17.3 Å². The maximum Gasteiger partial charge on any atom is 0.255 e. The van der Waals surface area contributed by atoms with Crippen molar-refractivity contribution in [2.24, 2.45) is 0 Å². The zero-order chi connectivity index (χ0) is 25.3. The fourth-order valence-corrected chi connectivity index (χ4v) is 5.77. The molecule has 5 nitrogen and oxygen atoms in total. The Labute approximate surface area is 215 Å². The number of nitrogens with zero attached hydrogens (tertiary/aromatic N) is 2. The molecule has 4 aromatic rings. The van der Waals surface area contributed by atoms with Gasteiger partial charge in [-0.3, -0.25) is 14.5 Å². The molecule has 1 aliphatic rings. The Hall–Kier alpha value is -3.64. The number of aromatic amines is 1. The zero-order valence-electron chi connectivity index (χ0n) is 20.7. The molecular weight excluding hydrogens is 466 g/mol. The number of amides is 1. The Morgan fingerprint density at radius 3 is 2.19 bits per heavy atom. The minimum atomic E-state index is -0.483. The molecule has 1 aromatic heterocycles. The van der Waals surface area contributed by atoms with Gasteiger partial charge in [0, 0.05) is 27.9 Å². The van der Waals surface area contributed by atoms with Gasteiger partial charge in [0.15, 0.2) is 5.16 Å². The first-order chi connectivity index (χ1) is 17.4. The number of carbonyl (C=O) groups is 1. The number of anilines is 2. The number of fused-ring (bicyclic) bond motifs is 3. The molecule has 36 heavy (non-hydrogen) atoms. The van der Waals surface area contributed by atoms with Crippen LogP contribution in [-0.2, 0) is 16.6 Å². The molecule has 0 unspecified atom stereocenters. The standard InChI is InChI=1S/C30H29N3O2S/c1-4-30(3)19-21-13-11-12-18-24(21)26-25(30)27(34)32-29(31-26)36-20(2)28(35)33(22-14-7-5-8-15-22)23-16-9-6-10-17-23/h5-18,20H,4,19H2,1-3H3,(H,31,32,34)/t20-,30-/m0/s1. The van der Waals surface area contributed by atoms with Gasteiger partial charge in [-0.1, -0.05) is 86.3 Å². The van der Waals surface area contributed by atoms with Crippen molar-refractivity contribution in [2.45, 2.75) is 49.4 Å². The van der Waals surface area contributed by atoms with Crippen molar-refractivity contribution in [1.29, 1.82) is 0 Å². The molecule has 1 amide bonds. The van der Waals surface area contributed by atoms with Crippen LogP contribution in [-0.4, -0.2) is 21.1 Å². The first-order valence-corrected chi connectivity index (χ1v) is 13.1. The van der Waals surface area contributed by atoms with E-state index in [9.17, 15) is 9.59 Å². The Morgan fingerprint density at radius 1 is 1.00 bits per heavy atom. The number of aromatic nitrogens is 2. The summed E-state index contributed by atoms with van der Waals surface area (Å²) in [6.07, 6.45) is 1.64. The molecule has 0 saturated heterocycles. The lowest BCUT2D eigenvalue weighted by molar-refractivity contribution is -0.117. The predicted octanol–water partition coefficient (Wildman–Crippen LogP) is 6.51. The summed E-state index contributed by atoms with van der Waals surface area (Å²) in [5.41, 5.74) is 4.85. The second-order valence-corrected chi connectivity index (χ2v) is 10.8. The van der Waals surface area contributed by atoms with Crippen molar-refractivity contribution in [3.8, 4) is 11.3 Å². The van der Waals surface area contributed by atoms with Gasteiger partial charge in [0.05, 0.1) is 10.9 Å². The SMILES string of the molecule is CC[C@@]1(C)Cc2ccccc2-c2nc(S[C@@H](C)C(=O)N(c3ccccc3)c3ccccc3)[nH]c(=O)c21. The van der Waals surface area contributed by atoms with Crippen LogP contribution in [0.1, 0.15) is 38.3 Å². The third-order valence-electron chi connectivity index (χ3n) is 7.02. The van der Waals surface area contributed by atoms with Crippen LogP contribution < -0.4 is 10.5 Å². The largest absolute Gasteiger partial charge is 0.301 e. The van der Waals surface area contributed by atoms with E-state index in [4.69, 9.17) is 4.98 Å². The van der Waals surface area contributed by atoms with E-state index in [-0.39, 0.29) is 16.9 Å². The van der Waals surface area contributed by atoms with Gasteiger partial charge in [-0.05, 0) is 49.6 Å². The molecule has 1 N–H and O–H groups in total. The molecular formula is C30H29N3O2S. The number of H-pyrrole nitrogens is 1. The molecule has 5 rings (SSSR count). The third-order valence-corrected chi connectivity index (χ3v) is 7.99. The third kappa shape index (κ3) is 4.37. The van der Waals surface area contributed by atoms with Crippen LogP contribution in [0.4, 0.5) is 11.4 Å². The monoisotopic (exact) mass is 495 g/mol. The summed E-state index contributed by atoms with van der Waals surface area (Å²) in [7, 11) is 0. The number of benzene rings is 3. The minimum absolute atomic E-state index is 0.0865. The first-order valence-electron chi connectivity index (χ1n) is 12.2. The minimum Gasteiger partial charge on any atom is -0.301 e. The molecule has 0 saturated carbocycles. The Balaban J connectivity index is 1.51. The van der Waals surface area contributed by atoms with E-state index in [0.717, 1.165) is 41.0 Å². The Kier molecular flexibility index (Phi) is 6.54. The highest BCUT2D eigenvalue weighted by Crippen LogP contribution is 2.42. The van der Waals surface area contributed by atoms with Crippen LogP contribution >= 0.6 is 11.8 Å². The van der Waals surface area contributed by atoms with Crippen LogP contribution in [0.3, 0.4) is 0 Å². The molecule has 0 radical (unpaired) electrons. The number of nitrogens with one attached hydrogen (secondary N) is 1.